The molecule has 0 saturated carbocycles. The van der Waals surface area contributed by atoms with Crippen molar-refractivity contribution in [2.45, 2.75) is 33.7 Å². The molecule has 0 aliphatic heterocycles. The molecule has 3 rings (SSSR count). The van der Waals surface area contributed by atoms with Gasteiger partial charge in [-0.2, -0.15) is 0 Å². The van der Waals surface area contributed by atoms with Crippen molar-refractivity contribution in [1.82, 2.24) is 14.0 Å². The van der Waals surface area contributed by atoms with Gasteiger partial charge in [-0.25, -0.2) is 9.38 Å². The van der Waals surface area contributed by atoms with Crippen LogP contribution in [0.1, 0.15) is 25.1 Å². The highest BCUT2D eigenvalue weighted by Gasteiger charge is 2.17. The van der Waals surface area contributed by atoms with E-state index >= 15 is 0 Å². The van der Waals surface area contributed by atoms with E-state index in [1.807, 2.05) is 42.7 Å². The Hall–Kier alpha value is -2.63. The molecule has 0 amide bonds. The smallest absolute Gasteiger partial charge is 0.302 e. The first-order valence-corrected chi connectivity index (χ1v) is 7.67. The van der Waals surface area contributed by atoms with Gasteiger partial charge in [0.25, 0.3) is 5.56 Å². The molecule has 0 aliphatic carbocycles. The number of rotatable bonds is 4. The SMILES string of the molecule is CCc1c(C)n(CCOC(C)=O)c2nc3ccccc3n2c1=O. The molecule has 6 heteroatoms. The predicted octanol–water partition coefficient (Wildman–Crippen LogP) is 2.08. The first-order valence-electron chi connectivity index (χ1n) is 7.67. The topological polar surface area (TPSA) is 65.6 Å². The molecule has 120 valence electrons. The number of esters is 1. The van der Waals surface area contributed by atoms with Gasteiger partial charge in [-0.05, 0) is 25.5 Å². The third-order valence-corrected chi connectivity index (χ3v) is 4.06. The maximum absolute atomic E-state index is 12.8. The van der Waals surface area contributed by atoms with Crippen molar-refractivity contribution in [3.63, 3.8) is 0 Å². The van der Waals surface area contributed by atoms with Crippen molar-refractivity contribution in [3.05, 3.63) is 45.9 Å². The molecule has 0 aliphatic rings. The van der Waals surface area contributed by atoms with Crippen LogP contribution in [0.15, 0.2) is 29.1 Å². The molecule has 0 atom stereocenters. The van der Waals surface area contributed by atoms with Gasteiger partial charge in [0, 0.05) is 18.2 Å². The summed E-state index contributed by atoms with van der Waals surface area (Å²) >= 11 is 0. The fourth-order valence-electron chi connectivity index (χ4n) is 2.95. The number of ether oxygens (including phenoxy) is 1. The Bertz CT molecular complexity index is 953. The second-order valence-electron chi connectivity index (χ2n) is 5.45. The molecular weight excluding hydrogens is 294 g/mol. The minimum Gasteiger partial charge on any atom is -0.464 e. The molecule has 0 fully saturated rings. The second-order valence-corrected chi connectivity index (χ2v) is 5.45. The number of aromatic nitrogens is 3. The lowest BCUT2D eigenvalue weighted by Crippen LogP contribution is -2.26. The van der Waals surface area contributed by atoms with Crippen molar-refractivity contribution >= 4 is 22.8 Å². The van der Waals surface area contributed by atoms with Gasteiger partial charge in [0.05, 0.1) is 17.6 Å². The van der Waals surface area contributed by atoms with Crippen molar-refractivity contribution in [2.75, 3.05) is 6.61 Å². The van der Waals surface area contributed by atoms with E-state index in [-0.39, 0.29) is 18.1 Å². The van der Waals surface area contributed by atoms with Crippen LogP contribution >= 0.6 is 0 Å². The zero-order chi connectivity index (χ0) is 16.6. The Labute approximate surface area is 133 Å². The molecule has 6 nitrogen and oxygen atoms in total. The van der Waals surface area contributed by atoms with Crippen LogP contribution < -0.4 is 5.56 Å². The average Bonchev–Trinajstić information content (AvgIpc) is 2.90. The Balaban J connectivity index is 2.28. The lowest BCUT2D eigenvalue weighted by atomic mass is 10.2. The maximum Gasteiger partial charge on any atom is 0.302 e. The normalized spacial score (nSPS) is 11.3. The van der Waals surface area contributed by atoms with E-state index in [1.54, 1.807) is 4.40 Å². The number of hydrogen-bond acceptors (Lipinski definition) is 4. The summed E-state index contributed by atoms with van der Waals surface area (Å²) in [5.74, 6) is 0.266. The number of fused-ring (bicyclic) bond motifs is 3. The van der Waals surface area contributed by atoms with Gasteiger partial charge >= 0.3 is 5.97 Å². The van der Waals surface area contributed by atoms with Crippen LogP contribution in [-0.2, 0) is 22.5 Å². The monoisotopic (exact) mass is 313 g/mol. The number of carbonyl (C=O) groups excluding carboxylic acids is 1. The molecule has 3 aromatic rings. The van der Waals surface area contributed by atoms with Crippen LogP contribution in [0.25, 0.3) is 16.8 Å². The van der Waals surface area contributed by atoms with Gasteiger partial charge in [-0.15, -0.1) is 0 Å². The second kappa shape index (κ2) is 5.87. The van der Waals surface area contributed by atoms with E-state index in [9.17, 15) is 9.59 Å². The molecule has 2 heterocycles. The average molecular weight is 313 g/mol. The third-order valence-electron chi connectivity index (χ3n) is 4.06. The largest absolute Gasteiger partial charge is 0.464 e. The highest BCUT2D eigenvalue weighted by molar-refractivity contribution is 5.79. The number of hydrogen-bond donors (Lipinski definition) is 0. The minimum atomic E-state index is -0.316. The fourth-order valence-corrected chi connectivity index (χ4v) is 2.95. The molecule has 23 heavy (non-hydrogen) atoms. The van der Waals surface area contributed by atoms with E-state index in [4.69, 9.17) is 4.74 Å². The summed E-state index contributed by atoms with van der Waals surface area (Å²) in [6, 6.07) is 7.57. The van der Waals surface area contributed by atoms with Crippen molar-refractivity contribution in [2.24, 2.45) is 0 Å². The van der Waals surface area contributed by atoms with Crippen LogP contribution in [-0.4, -0.2) is 26.5 Å². The van der Waals surface area contributed by atoms with Gasteiger partial charge in [0.1, 0.15) is 6.61 Å². The number of benzene rings is 1. The third kappa shape index (κ3) is 2.50. The highest BCUT2D eigenvalue weighted by Crippen LogP contribution is 2.17. The zero-order valence-electron chi connectivity index (χ0n) is 13.5. The van der Waals surface area contributed by atoms with Crippen LogP contribution in [0, 0.1) is 6.92 Å². The maximum atomic E-state index is 12.8. The first kappa shape index (κ1) is 15.3. The summed E-state index contributed by atoms with van der Waals surface area (Å²) in [4.78, 5) is 28.4. The van der Waals surface area contributed by atoms with Crippen LogP contribution in [0.5, 0.6) is 0 Å². The molecule has 0 unspecified atom stereocenters. The Morgan fingerprint density at radius 2 is 2.04 bits per heavy atom. The molecule has 0 bridgehead atoms. The van der Waals surface area contributed by atoms with Gasteiger partial charge < -0.3 is 9.30 Å². The van der Waals surface area contributed by atoms with Gasteiger partial charge in [0.15, 0.2) is 0 Å². The summed E-state index contributed by atoms with van der Waals surface area (Å²) < 4.78 is 8.65. The minimum absolute atomic E-state index is 0.0302. The van der Waals surface area contributed by atoms with Crippen LogP contribution in [0.4, 0.5) is 0 Å². The number of carbonyl (C=O) groups is 1. The predicted molar refractivity (Wildman–Crippen MR) is 87.7 cm³/mol. The summed E-state index contributed by atoms with van der Waals surface area (Å²) in [5.41, 5.74) is 3.16. The number of nitrogens with zero attached hydrogens (tertiary/aromatic N) is 3. The first-order chi connectivity index (χ1) is 11.0. The van der Waals surface area contributed by atoms with Crippen LogP contribution in [0.3, 0.4) is 0 Å². The zero-order valence-corrected chi connectivity index (χ0v) is 13.5. The van der Waals surface area contributed by atoms with Crippen molar-refractivity contribution in [1.29, 1.82) is 0 Å². The highest BCUT2D eigenvalue weighted by atomic mass is 16.5. The fraction of sp³-hybridized carbons (Fsp3) is 0.353. The molecule has 0 N–H and O–H groups in total. The summed E-state index contributed by atoms with van der Waals surface area (Å²) in [6.07, 6.45) is 0.640. The Kier molecular flexibility index (Phi) is 3.90. The lowest BCUT2D eigenvalue weighted by Gasteiger charge is -2.15. The van der Waals surface area contributed by atoms with E-state index < -0.39 is 0 Å². The standard InChI is InChI=1S/C17H19N3O3/c1-4-13-11(2)19(9-10-23-12(3)21)17-18-14-7-5-6-8-15(14)20(17)16(13)22/h5-8H,4,9-10H2,1-3H3. The molecule has 0 spiro atoms. The van der Waals surface area contributed by atoms with E-state index in [0.717, 1.165) is 22.3 Å². The summed E-state index contributed by atoms with van der Waals surface area (Å²) in [7, 11) is 0. The van der Waals surface area contributed by atoms with Gasteiger partial charge in [-0.3, -0.25) is 9.59 Å². The number of para-hydroxylation sites is 2. The van der Waals surface area contributed by atoms with Crippen molar-refractivity contribution in [3.8, 4) is 0 Å². The van der Waals surface area contributed by atoms with Gasteiger partial charge in [0.2, 0.25) is 5.78 Å². The number of imidazole rings is 1. The molecule has 2 aromatic heterocycles. The van der Waals surface area contributed by atoms with E-state index in [1.165, 1.54) is 6.92 Å². The summed E-state index contributed by atoms with van der Waals surface area (Å²) in [6.45, 7) is 5.97. The quantitative estimate of drug-likeness (QED) is 0.692. The Morgan fingerprint density at radius 1 is 1.30 bits per heavy atom. The summed E-state index contributed by atoms with van der Waals surface area (Å²) in [5, 5.41) is 0. The lowest BCUT2D eigenvalue weighted by molar-refractivity contribution is -0.141. The molecule has 0 radical (unpaired) electrons. The Morgan fingerprint density at radius 3 is 2.74 bits per heavy atom. The molecular formula is C17H19N3O3. The van der Waals surface area contributed by atoms with E-state index in [2.05, 4.69) is 4.98 Å². The van der Waals surface area contributed by atoms with Crippen LogP contribution in [0.2, 0.25) is 0 Å². The van der Waals surface area contributed by atoms with Gasteiger partial charge in [-0.1, -0.05) is 19.1 Å². The van der Waals surface area contributed by atoms with E-state index in [0.29, 0.717) is 18.7 Å². The molecule has 1 aromatic carbocycles. The van der Waals surface area contributed by atoms with Crippen molar-refractivity contribution < 1.29 is 9.53 Å². The molecule has 0 saturated heterocycles.